The number of aromatic nitrogens is 2. The van der Waals surface area contributed by atoms with Crippen molar-refractivity contribution in [2.24, 2.45) is 0 Å². The van der Waals surface area contributed by atoms with E-state index in [0.29, 0.717) is 16.2 Å². The van der Waals surface area contributed by atoms with Gasteiger partial charge in [-0.15, -0.1) is 11.3 Å². The first kappa shape index (κ1) is 13.5. The van der Waals surface area contributed by atoms with Crippen molar-refractivity contribution in [1.82, 2.24) is 9.38 Å². The molecule has 0 aliphatic rings. The summed E-state index contributed by atoms with van der Waals surface area (Å²) in [6.07, 6.45) is 0. The fourth-order valence-corrected chi connectivity index (χ4v) is 3.01. The Balaban J connectivity index is 2.07. The van der Waals surface area contributed by atoms with Gasteiger partial charge in [-0.05, 0) is 26.0 Å². The SMILES string of the molecule is Cc1nc2scc(C)n2c(=O)c1NC(=O)c1ccccc1. The van der Waals surface area contributed by atoms with Crippen LogP contribution in [-0.4, -0.2) is 15.3 Å². The first-order chi connectivity index (χ1) is 10.1. The summed E-state index contributed by atoms with van der Waals surface area (Å²) >= 11 is 1.41. The number of anilines is 1. The molecule has 0 aliphatic carbocycles. The van der Waals surface area contributed by atoms with Gasteiger partial charge in [-0.25, -0.2) is 4.98 Å². The molecule has 21 heavy (non-hydrogen) atoms. The lowest BCUT2D eigenvalue weighted by molar-refractivity contribution is 0.102. The van der Waals surface area contributed by atoms with Crippen LogP contribution in [0.3, 0.4) is 0 Å². The van der Waals surface area contributed by atoms with Crippen molar-refractivity contribution in [2.75, 3.05) is 5.32 Å². The summed E-state index contributed by atoms with van der Waals surface area (Å²) in [6.45, 7) is 3.56. The van der Waals surface area contributed by atoms with Gasteiger partial charge in [0.15, 0.2) is 4.96 Å². The number of hydrogen-bond donors (Lipinski definition) is 1. The molecule has 1 N–H and O–H groups in total. The van der Waals surface area contributed by atoms with Gasteiger partial charge in [-0.3, -0.25) is 14.0 Å². The van der Waals surface area contributed by atoms with Gasteiger partial charge in [-0.1, -0.05) is 18.2 Å². The Kier molecular flexibility index (Phi) is 3.31. The Morgan fingerprint density at radius 2 is 1.95 bits per heavy atom. The van der Waals surface area contributed by atoms with E-state index in [1.165, 1.54) is 15.7 Å². The second kappa shape index (κ2) is 5.14. The number of fused-ring (bicyclic) bond motifs is 1. The zero-order chi connectivity index (χ0) is 15.0. The van der Waals surface area contributed by atoms with E-state index in [9.17, 15) is 9.59 Å². The number of carbonyl (C=O) groups excluding carboxylic acids is 1. The van der Waals surface area contributed by atoms with Crippen LogP contribution in [0.5, 0.6) is 0 Å². The number of amides is 1. The van der Waals surface area contributed by atoms with Crippen LogP contribution in [0, 0.1) is 13.8 Å². The van der Waals surface area contributed by atoms with E-state index in [0.717, 1.165) is 5.69 Å². The number of nitrogens with one attached hydrogen (secondary N) is 1. The van der Waals surface area contributed by atoms with Crippen molar-refractivity contribution in [1.29, 1.82) is 0 Å². The van der Waals surface area contributed by atoms with Crippen LogP contribution in [0.2, 0.25) is 0 Å². The number of benzene rings is 1. The topological polar surface area (TPSA) is 63.5 Å². The lowest BCUT2D eigenvalue weighted by atomic mass is 10.2. The molecule has 1 amide bonds. The van der Waals surface area contributed by atoms with Crippen molar-refractivity contribution in [2.45, 2.75) is 13.8 Å². The van der Waals surface area contributed by atoms with Gasteiger partial charge in [0, 0.05) is 16.6 Å². The molecule has 0 unspecified atom stereocenters. The molecular formula is C15H13N3O2S. The van der Waals surface area contributed by atoms with Crippen LogP contribution in [0.25, 0.3) is 4.96 Å². The van der Waals surface area contributed by atoms with Crippen LogP contribution in [0.1, 0.15) is 21.7 Å². The molecule has 1 aromatic carbocycles. The Hall–Kier alpha value is -2.47. The third-order valence-electron chi connectivity index (χ3n) is 3.20. The van der Waals surface area contributed by atoms with E-state index in [1.54, 1.807) is 31.2 Å². The van der Waals surface area contributed by atoms with Crippen LogP contribution in [0.4, 0.5) is 5.69 Å². The zero-order valence-electron chi connectivity index (χ0n) is 11.6. The van der Waals surface area contributed by atoms with Crippen LogP contribution >= 0.6 is 11.3 Å². The summed E-state index contributed by atoms with van der Waals surface area (Å²) in [4.78, 5) is 29.7. The van der Waals surface area contributed by atoms with E-state index in [4.69, 9.17) is 0 Å². The average Bonchev–Trinajstić information content (AvgIpc) is 2.85. The summed E-state index contributed by atoms with van der Waals surface area (Å²) in [5, 5.41) is 4.54. The Bertz CT molecular complexity index is 881. The highest BCUT2D eigenvalue weighted by Crippen LogP contribution is 2.16. The highest BCUT2D eigenvalue weighted by Gasteiger charge is 2.15. The molecule has 0 bridgehead atoms. The quantitative estimate of drug-likeness (QED) is 0.791. The Morgan fingerprint density at radius 1 is 1.24 bits per heavy atom. The van der Waals surface area contributed by atoms with Crippen molar-refractivity contribution >= 4 is 27.9 Å². The molecule has 0 fully saturated rings. The predicted molar refractivity (Wildman–Crippen MR) is 83.2 cm³/mol. The number of hydrogen-bond acceptors (Lipinski definition) is 4. The predicted octanol–water partition coefficient (Wildman–Crippen LogP) is 2.63. The fraction of sp³-hybridized carbons (Fsp3) is 0.133. The van der Waals surface area contributed by atoms with Gasteiger partial charge >= 0.3 is 0 Å². The largest absolute Gasteiger partial charge is 0.316 e. The Morgan fingerprint density at radius 3 is 2.67 bits per heavy atom. The molecule has 3 rings (SSSR count). The summed E-state index contributed by atoms with van der Waals surface area (Å²) < 4.78 is 1.51. The maximum Gasteiger partial charge on any atom is 0.282 e. The number of carbonyl (C=O) groups is 1. The number of aryl methyl sites for hydroxylation is 2. The van der Waals surface area contributed by atoms with Crippen LogP contribution in [0.15, 0.2) is 40.5 Å². The second-order valence-electron chi connectivity index (χ2n) is 4.69. The minimum atomic E-state index is -0.314. The second-order valence-corrected chi connectivity index (χ2v) is 5.53. The first-order valence-corrected chi connectivity index (χ1v) is 7.30. The molecule has 0 radical (unpaired) electrons. The highest BCUT2D eigenvalue weighted by atomic mass is 32.1. The number of nitrogens with zero attached hydrogens (tertiary/aromatic N) is 2. The third kappa shape index (κ3) is 2.34. The van der Waals surface area contributed by atoms with E-state index >= 15 is 0 Å². The molecule has 106 valence electrons. The number of rotatable bonds is 2. The molecular weight excluding hydrogens is 286 g/mol. The molecule has 0 saturated carbocycles. The normalized spacial score (nSPS) is 10.8. The molecule has 0 atom stereocenters. The lowest BCUT2D eigenvalue weighted by Crippen LogP contribution is -2.24. The lowest BCUT2D eigenvalue weighted by Gasteiger charge is -2.08. The fourth-order valence-electron chi connectivity index (χ4n) is 2.10. The van der Waals surface area contributed by atoms with Crippen molar-refractivity contribution in [3.8, 4) is 0 Å². The van der Waals surface area contributed by atoms with Crippen molar-refractivity contribution in [3.05, 3.63) is 63.0 Å². The minimum Gasteiger partial charge on any atom is -0.316 e. The molecule has 2 heterocycles. The van der Waals surface area contributed by atoms with Crippen LogP contribution in [-0.2, 0) is 0 Å². The van der Waals surface area contributed by atoms with Gasteiger partial charge in [0.05, 0.1) is 5.69 Å². The smallest absolute Gasteiger partial charge is 0.282 e. The van der Waals surface area contributed by atoms with Gasteiger partial charge in [0.2, 0.25) is 0 Å². The molecule has 6 heteroatoms. The molecule has 0 saturated heterocycles. The summed E-state index contributed by atoms with van der Waals surface area (Å²) in [6, 6.07) is 8.78. The molecule has 2 aromatic heterocycles. The van der Waals surface area contributed by atoms with Gasteiger partial charge in [0.1, 0.15) is 5.69 Å². The standard InChI is InChI=1S/C15H13N3O2S/c1-9-8-21-15-16-10(2)12(14(20)18(9)15)17-13(19)11-6-4-3-5-7-11/h3-8H,1-2H3,(H,17,19). The van der Waals surface area contributed by atoms with Crippen LogP contribution < -0.4 is 10.9 Å². The van der Waals surface area contributed by atoms with Crippen molar-refractivity contribution in [3.63, 3.8) is 0 Å². The third-order valence-corrected chi connectivity index (χ3v) is 4.14. The maximum absolute atomic E-state index is 12.5. The maximum atomic E-state index is 12.5. The van der Waals surface area contributed by atoms with E-state index in [1.807, 2.05) is 18.4 Å². The summed E-state index contributed by atoms with van der Waals surface area (Å²) in [7, 11) is 0. The molecule has 5 nitrogen and oxygen atoms in total. The van der Waals surface area contributed by atoms with Gasteiger partial charge in [-0.2, -0.15) is 0 Å². The average molecular weight is 299 g/mol. The van der Waals surface area contributed by atoms with Gasteiger partial charge < -0.3 is 5.32 Å². The monoisotopic (exact) mass is 299 g/mol. The minimum absolute atomic E-state index is 0.225. The zero-order valence-corrected chi connectivity index (χ0v) is 12.4. The Labute approximate surface area is 124 Å². The molecule has 0 spiro atoms. The van der Waals surface area contributed by atoms with Gasteiger partial charge in [0.25, 0.3) is 11.5 Å². The van der Waals surface area contributed by atoms with E-state index in [2.05, 4.69) is 10.3 Å². The summed E-state index contributed by atoms with van der Waals surface area (Å²) in [5.41, 5.74) is 1.81. The van der Waals surface area contributed by atoms with E-state index in [-0.39, 0.29) is 17.2 Å². The summed E-state index contributed by atoms with van der Waals surface area (Å²) in [5.74, 6) is -0.314. The highest BCUT2D eigenvalue weighted by molar-refractivity contribution is 7.15. The molecule has 3 aromatic rings. The first-order valence-electron chi connectivity index (χ1n) is 6.42. The molecule has 0 aliphatic heterocycles. The van der Waals surface area contributed by atoms with E-state index < -0.39 is 0 Å². The number of thiazole rings is 1. The van der Waals surface area contributed by atoms with Crippen molar-refractivity contribution < 1.29 is 4.79 Å².